The minimum atomic E-state index is -0.328. The van der Waals surface area contributed by atoms with Crippen molar-refractivity contribution in [2.75, 3.05) is 37.8 Å². The van der Waals surface area contributed by atoms with Gasteiger partial charge >= 0.3 is 0 Å². The van der Waals surface area contributed by atoms with Gasteiger partial charge in [-0.3, -0.25) is 9.59 Å². The van der Waals surface area contributed by atoms with Crippen LogP contribution in [0.5, 0.6) is 0 Å². The van der Waals surface area contributed by atoms with Crippen molar-refractivity contribution in [1.82, 2.24) is 9.80 Å². The number of fused-ring (bicyclic) bond motifs is 2. The molecule has 6 heteroatoms. The Balaban J connectivity index is 1.54. The summed E-state index contributed by atoms with van der Waals surface area (Å²) in [4.78, 5) is 30.9. The molecule has 3 atom stereocenters. The predicted molar refractivity (Wildman–Crippen MR) is 98.4 cm³/mol. The van der Waals surface area contributed by atoms with Gasteiger partial charge in [-0.2, -0.15) is 11.8 Å². The Morgan fingerprint density at radius 3 is 2.52 bits per heavy atom. The zero-order chi connectivity index (χ0) is 17.4. The zero-order valence-electron chi connectivity index (χ0n) is 15.2. The zero-order valence-corrected chi connectivity index (χ0v) is 16.1. The Morgan fingerprint density at radius 1 is 1.12 bits per heavy atom. The van der Waals surface area contributed by atoms with Crippen LogP contribution in [-0.4, -0.2) is 71.5 Å². The highest BCUT2D eigenvalue weighted by Gasteiger charge is 2.61. The van der Waals surface area contributed by atoms with Crippen LogP contribution < -0.4 is 0 Å². The lowest BCUT2D eigenvalue weighted by Crippen LogP contribution is -2.53. The molecule has 0 aromatic carbocycles. The molecule has 4 rings (SSSR count). The van der Waals surface area contributed by atoms with Crippen LogP contribution in [0.1, 0.15) is 45.4 Å². The van der Waals surface area contributed by atoms with Gasteiger partial charge in [0.05, 0.1) is 5.41 Å². The van der Waals surface area contributed by atoms with Crippen molar-refractivity contribution in [2.24, 2.45) is 11.3 Å². The second-order valence-corrected chi connectivity index (χ2v) is 9.22. The first-order valence-corrected chi connectivity index (χ1v) is 11.1. The maximum atomic E-state index is 13.4. The largest absolute Gasteiger partial charge is 0.381 e. The molecule has 0 unspecified atom stereocenters. The Bertz CT molecular complexity index is 531. The first-order valence-electron chi connectivity index (χ1n) is 9.94. The number of nitrogens with zero attached hydrogens (tertiary/aromatic N) is 2. The molecule has 0 radical (unpaired) electrons. The second kappa shape index (κ2) is 7.10. The standard InChI is InChI=1S/C19H30N2O3S/c1-2-19(18(23)20-7-11-25-12-8-20)13-15-3-4-16(19)21(15)17(22)14-5-9-24-10-6-14/h14-16H,2-13H2,1H3/t15-,16+,19+/m0/s1. The summed E-state index contributed by atoms with van der Waals surface area (Å²) < 4.78 is 5.43. The van der Waals surface area contributed by atoms with Crippen LogP contribution in [0.3, 0.4) is 0 Å². The Morgan fingerprint density at radius 2 is 1.84 bits per heavy atom. The molecule has 4 aliphatic heterocycles. The van der Waals surface area contributed by atoms with Gasteiger partial charge in [0.2, 0.25) is 11.8 Å². The van der Waals surface area contributed by atoms with Gasteiger partial charge < -0.3 is 14.5 Å². The summed E-state index contributed by atoms with van der Waals surface area (Å²) in [6.07, 6.45) is 5.49. The van der Waals surface area contributed by atoms with E-state index in [1.165, 1.54) is 0 Å². The number of rotatable bonds is 3. The minimum Gasteiger partial charge on any atom is -0.381 e. The average Bonchev–Trinajstić information content (AvgIpc) is 3.24. The summed E-state index contributed by atoms with van der Waals surface area (Å²) in [6, 6.07) is 0.406. The normalized spacial score (nSPS) is 36.0. The van der Waals surface area contributed by atoms with Gasteiger partial charge in [0, 0.05) is 55.8 Å². The maximum Gasteiger partial charge on any atom is 0.230 e. The van der Waals surface area contributed by atoms with E-state index in [1.807, 2.05) is 11.8 Å². The average molecular weight is 367 g/mol. The molecule has 4 fully saturated rings. The van der Waals surface area contributed by atoms with E-state index in [9.17, 15) is 9.59 Å². The van der Waals surface area contributed by atoms with E-state index >= 15 is 0 Å². The maximum absolute atomic E-state index is 13.4. The van der Waals surface area contributed by atoms with Gasteiger partial charge in [-0.05, 0) is 38.5 Å². The smallest absolute Gasteiger partial charge is 0.230 e. The van der Waals surface area contributed by atoms with Crippen LogP contribution in [0.15, 0.2) is 0 Å². The van der Waals surface area contributed by atoms with Crippen molar-refractivity contribution in [2.45, 2.75) is 57.5 Å². The van der Waals surface area contributed by atoms with Gasteiger partial charge in [-0.1, -0.05) is 6.92 Å². The van der Waals surface area contributed by atoms with Gasteiger partial charge in [0.15, 0.2) is 0 Å². The summed E-state index contributed by atoms with van der Waals surface area (Å²) in [5, 5.41) is 0. The fourth-order valence-electron chi connectivity index (χ4n) is 5.51. The number of amides is 2. The van der Waals surface area contributed by atoms with E-state index in [0.717, 1.165) is 63.1 Å². The van der Waals surface area contributed by atoms with Gasteiger partial charge in [0.25, 0.3) is 0 Å². The lowest BCUT2D eigenvalue weighted by atomic mass is 9.70. The number of carbonyl (C=O) groups is 2. The van der Waals surface area contributed by atoms with Crippen molar-refractivity contribution in [3.8, 4) is 0 Å². The molecule has 140 valence electrons. The molecule has 5 nitrogen and oxygen atoms in total. The molecule has 25 heavy (non-hydrogen) atoms. The number of carbonyl (C=O) groups excluding carboxylic acids is 2. The molecular weight excluding hydrogens is 336 g/mol. The second-order valence-electron chi connectivity index (χ2n) is 8.00. The Labute approximate surface area is 154 Å². The number of hydrogen-bond acceptors (Lipinski definition) is 4. The first-order chi connectivity index (χ1) is 12.2. The van der Waals surface area contributed by atoms with E-state index < -0.39 is 0 Å². The molecule has 2 amide bonds. The summed E-state index contributed by atoms with van der Waals surface area (Å²) >= 11 is 1.93. The first kappa shape index (κ1) is 17.7. The predicted octanol–water partition coefficient (Wildman–Crippen LogP) is 2.15. The third-order valence-corrected chi connectivity index (χ3v) is 7.86. The highest BCUT2D eigenvalue weighted by atomic mass is 32.2. The molecule has 0 spiro atoms. The monoisotopic (exact) mass is 366 g/mol. The van der Waals surface area contributed by atoms with E-state index in [1.54, 1.807) is 0 Å². The van der Waals surface area contributed by atoms with Gasteiger partial charge in [-0.25, -0.2) is 0 Å². The molecule has 0 aromatic rings. The van der Waals surface area contributed by atoms with E-state index in [4.69, 9.17) is 4.74 Å². The van der Waals surface area contributed by atoms with Crippen molar-refractivity contribution < 1.29 is 14.3 Å². The van der Waals surface area contributed by atoms with Crippen LogP contribution >= 0.6 is 11.8 Å². The summed E-state index contributed by atoms with van der Waals surface area (Å²) in [5.41, 5.74) is -0.328. The SMILES string of the molecule is CC[C@@]1(C(=O)N2CCSCC2)C[C@@H]2CC[C@H]1N2C(=O)C1CCOCC1. The Hall–Kier alpha value is -0.750. The highest BCUT2D eigenvalue weighted by Crippen LogP contribution is 2.53. The van der Waals surface area contributed by atoms with Crippen LogP contribution in [0, 0.1) is 11.3 Å². The number of ether oxygens (including phenoxy) is 1. The van der Waals surface area contributed by atoms with Gasteiger partial charge in [0.1, 0.15) is 0 Å². The fourth-order valence-corrected chi connectivity index (χ4v) is 6.42. The molecule has 0 aliphatic carbocycles. The Kier molecular flexibility index (Phi) is 5.02. The van der Waals surface area contributed by atoms with Gasteiger partial charge in [-0.15, -0.1) is 0 Å². The summed E-state index contributed by atoms with van der Waals surface area (Å²) in [7, 11) is 0. The lowest BCUT2D eigenvalue weighted by Gasteiger charge is -2.41. The van der Waals surface area contributed by atoms with Crippen molar-refractivity contribution >= 4 is 23.6 Å². The molecule has 2 bridgehead atoms. The fraction of sp³-hybridized carbons (Fsp3) is 0.895. The summed E-state index contributed by atoms with van der Waals surface area (Å²) in [6.45, 7) is 5.28. The quantitative estimate of drug-likeness (QED) is 0.768. The van der Waals surface area contributed by atoms with Crippen LogP contribution in [0.2, 0.25) is 0 Å². The van der Waals surface area contributed by atoms with Crippen molar-refractivity contribution in [1.29, 1.82) is 0 Å². The van der Waals surface area contributed by atoms with E-state index in [0.29, 0.717) is 25.0 Å². The third kappa shape index (κ3) is 2.89. The number of thioether (sulfide) groups is 1. The summed E-state index contributed by atoms with van der Waals surface area (Å²) in [5.74, 6) is 2.82. The molecule has 0 aromatic heterocycles. The molecule has 4 heterocycles. The number of hydrogen-bond donors (Lipinski definition) is 0. The van der Waals surface area contributed by atoms with E-state index in [2.05, 4.69) is 16.7 Å². The molecule has 4 aliphatic rings. The lowest BCUT2D eigenvalue weighted by molar-refractivity contribution is -0.146. The third-order valence-electron chi connectivity index (χ3n) is 6.92. The minimum absolute atomic E-state index is 0.103. The molecule has 0 saturated carbocycles. The van der Waals surface area contributed by atoms with Crippen molar-refractivity contribution in [3.63, 3.8) is 0 Å². The topological polar surface area (TPSA) is 49.9 Å². The van der Waals surface area contributed by atoms with E-state index in [-0.39, 0.29) is 23.4 Å². The van der Waals surface area contributed by atoms with Crippen LogP contribution in [-0.2, 0) is 14.3 Å². The van der Waals surface area contributed by atoms with Crippen LogP contribution in [0.4, 0.5) is 0 Å². The molecule has 0 N–H and O–H groups in total. The molecular formula is C19H30N2O3S. The highest BCUT2D eigenvalue weighted by molar-refractivity contribution is 7.99. The molecule has 4 saturated heterocycles. The van der Waals surface area contributed by atoms with Crippen LogP contribution in [0.25, 0.3) is 0 Å². The van der Waals surface area contributed by atoms with Crippen molar-refractivity contribution in [3.05, 3.63) is 0 Å².